The smallest absolute Gasteiger partial charge is 0.161 e. The van der Waals surface area contributed by atoms with Crippen molar-refractivity contribution in [2.45, 2.75) is 32.7 Å². The maximum absolute atomic E-state index is 11.8. The minimum absolute atomic E-state index is 0.00777. The molecular formula is C20H22N4O. The van der Waals surface area contributed by atoms with Crippen molar-refractivity contribution in [1.29, 1.82) is 5.26 Å². The topological polar surface area (TPSA) is 69.0 Å². The van der Waals surface area contributed by atoms with Gasteiger partial charge in [-0.05, 0) is 57.0 Å². The van der Waals surface area contributed by atoms with Crippen LogP contribution in [0, 0.1) is 18.3 Å². The molecule has 3 rings (SSSR count). The van der Waals surface area contributed by atoms with Crippen LogP contribution >= 0.6 is 0 Å². The van der Waals surface area contributed by atoms with Crippen LogP contribution in [-0.2, 0) is 0 Å². The van der Waals surface area contributed by atoms with E-state index < -0.39 is 0 Å². The molecular weight excluding hydrogens is 312 g/mol. The van der Waals surface area contributed by atoms with Crippen molar-refractivity contribution in [1.82, 2.24) is 4.98 Å². The number of rotatable bonds is 4. The summed E-state index contributed by atoms with van der Waals surface area (Å²) in [5.74, 6) is 1.03. The number of benzene rings is 1. The number of nitriles is 1. The summed E-state index contributed by atoms with van der Waals surface area (Å²) >= 11 is 0. The van der Waals surface area contributed by atoms with Gasteiger partial charge in [0.1, 0.15) is 5.82 Å². The number of carbonyl (C=O) groups excluding carboxylic acids is 1. The lowest BCUT2D eigenvalue weighted by Gasteiger charge is -2.34. The molecule has 0 atom stereocenters. The highest BCUT2D eigenvalue weighted by Gasteiger charge is 2.21. The summed E-state index contributed by atoms with van der Waals surface area (Å²) < 4.78 is 0. The molecule has 0 saturated carbocycles. The number of nitrogens with one attached hydrogen (secondary N) is 1. The molecule has 0 radical (unpaired) electrons. The average Bonchev–Trinajstić information content (AvgIpc) is 2.62. The van der Waals surface area contributed by atoms with E-state index in [4.69, 9.17) is 5.26 Å². The summed E-state index contributed by atoms with van der Waals surface area (Å²) in [6.45, 7) is 5.39. The van der Waals surface area contributed by atoms with Gasteiger partial charge in [-0.25, -0.2) is 4.98 Å². The number of aryl methyl sites for hydroxylation is 1. The van der Waals surface area contributed by atoms with Crippen molar-refractivity contribution in [2.75, 3.05) is 23.3 Å². The molecule has 0 spiro atoms. The summed E-state index contributed by atoms with van der Waals surface area (Å²) in [7, 11) is 0. The molecule has 0 amide bonds. The molecule has 1 N–H and O–H groups in total. The molecule has 1 aliphatic rings. The largest absolute Gasteiger partial charge is 0.382 e. The summed E-state index contributed by atoms with van der Waals surface area (Å²) in [6.07, 6.45) is 1.92. The molecule has 1 aliphatic heterocycles. The van der Waals surface area contributed by atoms with Crippen LogP contribution in [0.3, 0.4) is 0 Å². The van der Waals surface area contributed by atoms with Gasteiger partial charge in [0.2, 0.25) is 0 Å². The van der Waals surface area contributed by atoms with Gasteiger partial charge >= 0.3 is 0 Å². The van der Waals surface area contributed by atoms with Gasteiger partial charge in [0.25, 0.3) is 0 Å². The Morgan fingerprint density at radius 1 is 1.28 bits per heavy atom. The number of pyridine rings is 1. The Kier molecular flexibility index (Phi) is 4.99. The molecule has 0 aliphatic carbocycles. The second kappa shape index (κ2) is 7.35. The van der Waals surface area contributed by atoms with Crippen LogP contribution in [0.2, 0.25) is 0 Å². The highest BCUT2D eigenvalue weighted by molar-refractivity contribution is 5.99. The number of hydrogen-bond donors (Lipinski definition) is 1. The summed E-state index contributed by atoms with van der Waals surface area (Å²) in [5.41, 5.74) is 2.99. The number of nitrogens with zero attached hydrogens (tertiary/aromatic N) is 3. The van der Waals surface area contributed by atoms with E-state index in [0.717, 1.165) is 43.1 Å². The molecule has 25 heavy (non-hydrogen) atoms. The Balaban J connectivity index is 1.68. The fourth-order valence-corrected chi connectivity index (χ4v) is 3.22. The first kappa shape index (κ1) is 17.0. The van der Waals surface area contributed by atoms with Gasteiger partial charge in [-0.2, -0.15) is 5.26 Å². The van der Waals surface area contributed by atoms with E-state index in [1.54, 1.807) is 25.1 Å². The van der Waals surface area contributed by atoms with Gasteiger partial charge in [0, 0.05) is 36.1 Å². The second-order valence-electron chi connectivity index (χ2n) is 6.47. The van der Waals surface area contributed by atoms with Crippen LogP contribution in [0.25, 0.3) is 0 Å². The molecule has 2 aromatic rings. The maximum Gasteiger partial charge on any atom is 0.161 e. The highest BCUT2D eigenvalue weighted by Crippen LogP contribution is 2.24. The van der Waals surface area contributed by atoms with E-state index in [0.29, 0.717) is 11.1 Å². The third-order valence-corrected chi connectivity index (χ3v) is 4.58. The SMILES string of the molecule is CC(=O)c1ccc(C#N)cc1NC1CCN(c2cccc(C)n2)CC1. The minimum atomic E-state index is 0.00777. The van der Waals surface area contributed by atoms with Crippen molar-refractivity contribution in [3.63, 3.8) is 0 Å². The molecule has 5 heteroatoms. The minimum Gasteiger partial charge on any atom is -0.382 e. The van der Waals surface area contributed by atoms with Crippen LogP contribution in [-0.4, -0.2) is 29.9 Å². The second-order valence-corrected chi connectivity index (χ2v) is 6.47. The number of aromatic nitrogens is 1. The highest BCUT2D eigenvalue weighted by atomic mass is 16.1. The Morgan fingerprint density at radius 2 is 2.04 bits per heavy atom. The number of carbonyl (C=O) groups is 1. The molecule has 2 heterocycles. The van der Waals surface area contributed by atoms with Crippen molar-refractivity contribution < 1.29 is 4.79 Å². The number of anilines is 2. The quantitative estimate of drug-likeness (QED) is 0.866. The standard InChI is InChI=1S/C20H22N4O/c1-14-4-3-5-20(22-14)24-10-8-17(9-11-24)23-19-12-16(13-21)6-7-18(19)15(2)25/h3-7,12,17,23H,8-11H2,1-2H3. The third-order valence-electron chi connectivity index (χ3n) is 4.58. The molecule has 1 saturated heterocycles. The Morgan fingerprint density at radius 3 is 2.68 bits per heavy atom. The van der Waals surface area contributed by atoms with Gasteiger partial charge < -0.3 is 10.2 Å². The van der Waals surface area contributed by atoms with Crippen LogP contribution < -0.4 is 10.2 Å². The Hall–Kier alpha value is -2.87. The fraction of sp³-hybridized carbons (Fsp3) is 0.350. The van der Waals surface area contributed by atoms with Crippen LogP contribution in [0.1, 0.15) is 41.4 Å². The van der Waals surface area contributed by atoms with E-state index >= 15 is 0 Å². The van der Waals surface area contributed by atoms with Gasteiger partial charge in [-0.3, -0.25) is 4.79 Å². The molecule has 128 valence electrons. The van der Waals surface area contributed by atoms with E-state index in [2.05, 4.69) is 21.3 Å². The predicted octanol–water partition coefficient (Wildman–Crippen LogP) is 3.55. The molecule has 0 bridgehead atoms. The third kappa shape index (κ3) is 3.97. The maximum atomic E-state index is 11.8. The van der Waals surface area contributed by atoms with Crippen molar-refractivity contribution in [3.05, 3.63) is 53.2 Å². The Labute approximate surface area is 148 Å². The molecule has 5 nitrogen and oxygen atoms in total. The van der Waals surface area contributed by atoms with E-state index in [-0.39, 0.29) is 11.8 Å². The Bertz CT molecular complexity index is 817. The lowest BCUT2D eigenvalue weighted by Crippen LogP contribution is -2.39. The summed E-state index contributed by atoms with van der Waals surface area (Å²) in [6, 6.07) is 13.7. The van der Waals surface area contributed by atoms with Gasteiger partial charge in [0.05, 0.1) is 11.6 Å². The van der Waals surface area contributed by atoms with Crippen molar-refractivity contribution in [3.8, 4) is 6.07 Å². The number of ketones is 1. The molecule has 0 unspecified atom stereocenters. The molecule has 1 aromatic carbocycles. The van der Waals surface area contributed by atoms with Crippen LogP contribution in [0.5, 0.6) is 0 Å². The summed E-state index contributed by atoms with van der Waals surface area (Å²) in [4.78, 5) is 18.7. The monoisotopic (exact) mass is 334 g/mol. The first-order valence-electron chi connectivity index (χ1n) is 8.57. The zero-order chi connectivity index (χ0) is 17.8. The van der Waals surface area contributed by atoms with Gasteiger partial charge in [-0.15, -0.1) is 0 Å². The average molecular weight is 334 g/mol. The lowest BCUT2D eigenvalue weighted by atomic mass is 10.0. The van der Waals surface area contributed by atoms with Gasteiger partial charge in [0.15, 0.2) is 5.78 Å². The number of hydrogen-bond acceptors (Lipinski definition) is 5. The van der Waals surface area contributed by atoms with E-state index in [1.807, 2.05) is 25.1 Å². The van der Waals surface area contributed by atoms with E-state index in [1.165, 1.54) is 0 Å². The van der Waals surface area contributed by atoms with Crippen molar-refractivity contribution in [2.24, 2.45) is 0 Å². The van der Waals surface area contributed by atoms with Crippen molar-refractivity contribution >= 4 is 17.3 Å². The zero-order valence-electron chi connectivity index (χ0n) is 14.6. The number of Topliss-reactive ketones (excluding diaryl/α,β-unsaturated/α-hetero) is 1. The molecule has 1 aromatic heterocycles. The zero-order valence-corrected chi connectivity index (χ0v) is 14.6. The first-order chi connectivity index (χ1) is 12.1. The lowest BCUT2D eigenvalue weighted by molar-refractivity contribution is 0.101. The molecule has 1 fully saturated rings. The normalized spacial score (nSPS) is 14.8. The van der Waals surface area contributed by atoms with E-state index in [9.17, 15) is 4.79 Å². The van der Waals surface area contributed by atoms with Crippen LogP contribution in [0.4, 0.5) is 11.5 Å². The predicted molar refractivity (Wildman–Crippen MR) is 99.0 cm³/mol. The van der Waals surface area contributed by atoms with Crippen LogP contribution in [0.15, 0.2) is 36.4 Å². The first-order valence-corrected chi connectivity index (χ1v) is 8.57. The number of piperidine rings is 1. The summed E-state index contributed by atoms with van der Waals surface area (Å²) in [5, 5.41) is 12.6. The fourth-order valence-electron chi connectivity index (χ4n) is 3.22. The van der Waals surface area contributed by atoms with Gasteiger partial charge in [-0.1, -0.05) is 6.07 Å².